The summed E-state index contributed by atoms with van der Waals surface area (Å²) in [5, 5.41) is 2.84. The molecule has 4 amide bonds. The minimum atomic E-state index is -0.844. The van der Waals surface area contributed by atoms with E-state index in [4.69, 9.17) is 25.8 Å². The molecule has 1 heterocycles. The average molecular weight is 709 g/mol. The first-order chi connectivity index (χ1) is 20.7. The summed E-state index contributed by atoms with van der Waals surface area (Å²) in [4.78, 5) is 39.8. The zero-order valence-electron chi connectivity index (χ0n) is 23.2. The number of nitrogens with one attached hydrogen (secondary N) is 1. The fraction of sp³-hybridized carbons (Fsp3) is 0.121. The number of carbonyl (C=O) groups excluding carboxylic acids is 3. The molecule has 1 fully saturated rings. The van der Waals surface area contributed by atoms with E-state index in [1.807, 2.05) is 49.4 Å². The fourth-order valence-corrected chi connectivity index (χ4v) is 5.42. The molecule has 0 unspecified atom stereocenters. The van der Waals surface area contributed by atoms with E-state index in [0.717, 1.165) is 25.2 Å². The van der Waals surface area contributed by atoms with Crippen LogP contribution < -0.4 is 24.4 Å². The Kier molecular flexibility index (Phi) is 9.32. The Hall–Kier alpha value is -4.35. The molecule has 4 aromatic carbocycles. The molecule has 0 aliphatic carbocycles. The van der Waals surface area contributed by atoms with E-state index in [1.54, 1.807) is 42.5 Å². The van der Waals surface area contributed by atoms with Crippen molar-refractivity contribution in [2.45, 2.75) is 20.1 Å². The minimum absolute atomic E-state index is 0.204. The molecule has 8 nitrogen and oxygen atoms in total. The standard InChI is InChI=1S/C33H26ClIN2O6/c1-20-6-5-7-21(14-20)18-43-30-28(35)16-22(17-29(30)41-2)15-26-31(38)36-33(40)37(32(26)39)24-10-12-25(13-11-24)42-19-23-8-3-4-9-27(23)34/h3-17H,18-19H2,1-2H3,(H,36,38,40)/b26-15+. The highest BCUT2D eigenvalue weighted by molar-refractivity contribution is 14.1. The van der Waals surface area contributed by atoms with Crippen LogP contribution in [-0.2, 0) is 22.8 Å². The van der Waals surface area contributed by atoms with Crippen molar-refractivity contribution < 1.29 is 28.6 Å². The van der Waals surface area contributed by atoms with Gasteiger partial charge in [-0.3, -0.25) is 14.9 Å². The molecule has 0 bridgehead atoms. The van der Waals surface area contributed by atoms with Crippen LogP contribution in [0, 0.1) is 10.5 Å². The molecule has 218 valence electrons. The highest BCUT2D eigenvalue weighted by Crippen LogP contribution is 2.36. The van der Waals surface area contributed by atoms with E-state index in [9.17, 15) is 14.4 Å². The second-order valence-corrected chi connectivity index (χ2v) is 11.2. The first-order valence-electron chi connectivity index (χ1n) is 13.2. The van der Waals surface area contributed by atoms with Crippen molar-refractivity contribution >= 4 is 63.8 Å². The van der Waals surface area contributed by atoms with Crippen molar-refractivity contribution in [2.75, 3.05) is 12.0 Å². The molecule has 1 aliphatic rings. The monoisotopic (exact) mass is 708 g/mol. The summed E-state index contributed by atoms with van der Waals surface area (Å²) in [5.41, 5.74) is 3.57. The maximum Gasteiger partial charge on any atom is 0.335 e. The van der Waals surface area contributed by atoms with Gasteiger partial charge in [-0.15, -0.1) is 0 Å². The van der Waals surface area contributed by atoms with Gasteiger partial charge in [-0.1, -0.05) is 59.6 Å². The third kappa shape index (κ3) is 7.00. The molecule has 4 aromatic rings. The van der Waals surface area contributed by atoms with Crippen molar-refractivity contribution in [1.29, 1.82) is 0 Å². The molecule has 1 saturated heterocycles. The predicted octanol–water partition coefficient (Wildman–Crippen LogP) is 7.09. The molecule has 0 spiro atoms. The number of carbonyl (C=O) groups is 3. The van der Waals surface area contributed by atoms with E-state index in [0.29, 0.717) is 34.4 Å². The fourth-order valence-electron chi connectivity index (χ4n) is 4.45. The van der Waals surface area contributed by atoms with Crippen LogP contribution in [0.3, 0.4) is 0 Å². The van der Waals surface area contributed by atoms with E-state index in [2.05, 4.69) is 27.9 Å². The number of halogens is 2. The molecule has 1 N–H and O–H groups in total. The van der Waals surface area contributed by atoms with Gasteiger partial charge in [0.15, 0.2) is 11.5 Å². The summed E-state index contributed by atoms with van der Waals surface area (Å²) in [7, 11) is 1.52. The number of amides is 4. The highest BCUT2D eigenvalue weighted by Gasteiger charge is 2.37. The number of urea groups is 1. The summed E-state index contributed by atoms with van der Waals surface area (Å²) >= 11 is 8.31. The van der Waals surface area contributed by atoms with Gasteiger partial charge >= 0.3 is 6.03 Å². The number of hydrogen-bond donors (Lipinski definition) is 1. The first-order valence-corrected chi connectivity index (χ1v) is 14.6. The Morgan fingerprint density at radius 2 is 1.67 bits per heavy atom. The minimum Gasteiger partial charge on any atom is -0.493 e. The number of nitrogens with zero attached hydrogens (tertiary/aromatic N) is 1. The quantitative estimate of drug-likeness (QED) is 0.113. The number of imide groups is 2. The summed E-state index contributed by atoms with van der Waals surface area (Å²) in [6, 6.07) is 24.4. The van der Waals surface area contributed by atoms with Crippen molar-refractivity contribution in [3.8, 4) is 17.2 Å². The maximum atomic E-state index is 13.4. The number of hydrogen-bond acceptors (Lipinski definition) is 6. The normalized spacial score (nSPS) is 14.1. The number of benzene rings is 4. The van der Waals surface area contributed by atoms with E-state index < -0.39 is 17.8 Å². The Labute approximate surface area is 267 Å². The van der Waals surface area contributed by atoms with Crippen LogP contribution in [0.15, 0.2) is 90.5 Å². The molecular formula is C33H26ClIN2O6. The Morgan fingerprint density at radius 1 is 0.907 bits per heavy atom. The number of aryl methyl sites for hydroxylation is 1. The van der Waals surface area contributed by atoms with Crippen molar-refractivity contribution in [2.24, 2.45) is 0 Å². The van der Waals surface area contributed by atoms with E-state index in [1.165, 1.54) is 13.2 Å². The summed E-state index contributed by atoms with van der Waals surface area (Å²) in [6.45, 7) is 2.61. The van der Waals surface area contributed by atoms with Gasteiger partial charge in [-0.25, -0.2) is 9.69 Å². The molecule has 0 saturated carbocycles. The van der Waals surface area contributed by atoms with Crippen LogP contribution in [0.1, 0.15) is 22.3 Å². The lowest BCUT2D eigenvalue weighted by molar-refractivity contribution is -0.122. The summed E-state index contributed by atoms with van der Waals surface area (Å²) in [5.74, 6) is -0.0473. The Balaban J connectivity index is 1.34. The van der Waals surface area contributed by atoms with Gasteiger partial charge in [-0.2, -0.15) is 0 Å². The number of methoxy groups -OCH3 is 1. The number of barbiturate groups is 1. The van der Waals surface area contributed by atoms with E-state index >= 15 is 0 Å². The molecular weight excluding hydrogens is 683 g/mol. The number of ether oxygens (including phenoxy) is 3. The molecule has 0 radical (unpaired) electrons. The average Bonchev–Trinajstić information content (AvgIpc) is 2.98. The molecule has 0 aromatic heterocycles. The number of rotatable bonds is 9. The molecule has 43 heavy (non-hydrogen) atoms. The molecule has 1 aliphatic heterocycles. The van der Waals surface area contributed by atoms with E-state index in [-0.39, 0.29) is 17.9 Å². The van der Waals surface area contributed by atoms with Gasteiger partial charge in [-0.05, 0) is 89.2 Å². The first kappa shape index (κ1) is 30.1. The lowest BCUT2D eigenvalue weighted by Crippen LogP contribution is -2.54. The predicted molar refractivity (Wildman–Crippen MR) is 172 cm³/mol. The van der Waals surface area contributed by atoms with Crippen molar-refractivity contribution in [3.05, 3.63) is 121 Å². The maximum absolute atomic E-state index is 13.4. The van der Waals surface area contributed by atoms with Crippen LogP contribution in [0.2, 0.25) is 5.02 Å². The summed E-state index contributed by atoms with van der Waals surface area (Å²) in [6.07, 6.45) is 1.42. The molecule has 0 atom stereocenters. The molecule has 10 heteroatoms. The lowest BCUT2D eigenvalue weighted by atomic mass is 10.1. The topological polar surface area (TPSA) is 94.2 Å². The zero-order valence-corrected chi connectivity index (χ0v) is 26.1. The van der Waals surface area contributed by atoms with Crippen LogP contribution in [0.4, 0.5) is 10.5 Å². The Bertz CT molecular complexity index is 1740. The zero-order chi connectivity index (χ0) is 30.5. The summed E-state index contributed by atoms with van der Waals surface area (Å²) < 4.78 is 18.2. The highest BCUT2D eigenvalue weighted by atomic mass is 127. The van der Waals surface area contributed by atoms with Gasteiger partial charge < -0.3 is 14.2 Å². The van der Waals surface area contributed by atoms with Gasteiger partial charge in [0, 0.05) is 10.6 Å². The second kappa shape index (κ2) is 13.3. The van der Waals surface area contributed by atoms with Crippen LogP contribution in [-0.4, -0.2) is 25.0 Å². The Morgan fingerprint density at radius 3 is 2.40 bits per heavy atom. The van der Waals surface area contributed by atoms with Crippen LogP contribution >= 0.6 is 34.2 Å². The third-order valence-electron chi connectivity index (χ3n) is 6.58. The van der Waals surface area contributed by atoms with Crippen molar-refractivity contribution in [1.82, 2.24) is 5.32 Å². The lowest BCUT2D eigenvalue weighted by Gasteiger charge is -2.26. The largest absolute Gasteiger partial charge is 0.493 e. The number of anilines is 1. The van der Waals surface area contributed by atoms with Gasteiger partial charge in [0.25, 0.3) is 11.8 Å². The van der Waals surface area contributed by atoms with Gasteiger partial charge in [0.1, 0.15) is 24.5 Å². The second-order valence-electron chi connectivity index (χ2n) is 9.64. The van der Waals surface area contributed by atoms with Crippen molar-refractivity contribution in [3.63, 3.8) is 0 Å². The van der Waals surface area contributed by atoms with Crippen LogP contribution in [0.25, 0.3) is 6.08 Å². The smallest absolute Gasteiger partial charge is 0.335 e. The van der Waals surface area contributed by atoms with Crippen LogP contribution in [0.5, 0.6) is 17.2 Å². The van der Waals surface area contributed by atoms with Gasteiger partial charge in [0.2, 0.25) is 0 Å². The SMILES string of the molecule is COc1cc(/C=C2\C(=O)NC(=O)N(c3ccc(OCc4ccccc4Cl)cc3)C2=O)cc(I)c1OCc1cccc(C)c1. The molecule has 5 rings (SSSR count). The third-order valence-corrected chi connectivity index (χ3v) is 7.75. The van der Waals surface area contributed by atoms with Gasteiger partial charge in [0.05, 0.1) is 16.4 Å².